The minimum atomic E-state index is -0.740. The van der Waals surface area contributed by atoms with Gasteiger partial charge in [0, 0.05) is 5.30 Å². The number of aromatic amines is 2. The first-order valence-electron chi connectivity index (χ1n) is 7.72. The van der Waals surface area contributed by atoms with Gasteiger partial charge in [0.05, 0.1) is 28.3 Å². The molecular weight excluding hydrogens is 351 g/mol. The Labute approximate surface area is 149 Å². The summed E-state index contributed by atoms with van der Waals surface area (Å²) in [4.78, 5) is 0. The number of fused-ring (bicyclic) bond motifs is 2. The van der Waals surface area contributed by atoms with Gasteiger partial charge in [0.1, 0.15) is 0 Å². The Kier molecular flexibility index (Phi) is 4.44. The second kappa shape index (κ2) is 6.86. The maximum absolute atomic E-state index is 3.74. The second-order valence-corrected chi connectivity index (χ2v) is 9.40. The van der Waals surface area contributed by atoms with E-state index in [1.54, 1.807) is 20.7 Å². The molecule has 0 aliphatic rings. The molecule has 0 amide bonds. The molecule has 0 saturated carbocycles. The summed E-state index contributed by atoms with van der Waals surface area (Å²) in [6.07, 6.45) is 0. The van der Waals surface area contributed by atoms with Crippen LogP contribution in [0.2, 0.25) is 0 Å². The number of H-pyrrole nitrogens is 2. The molecule has 0 atom stereocenters. The third kappa shape index (κ3) is 3.27. The van der Waals surface area contributed by atoms with Gasteiger partial charge in [-0.3, -0.25) is 0 Å². The molecule has 0 unspecified atom stereocenters. The number of nitrogens with one attached hydrogen (secondary N) is 2. The van der Waals surface area contributed by atoms with Crippen LogP contribution < -0.4 is 0 Å². The van der Waals surface area contributed by atoms with Crippen LogP contribution in [0.15, 0.2) is 72.8 Å². The van der Waals surface area contributed by atoms with Crippen molar-refractivity contribution >= 4 is 49.0 Å². The van der Waals surface area contributed by atoms with E-state index in [9.17, 15) is 0 Å². The van der Waals surface area contributed by atoms with Crippen LogP contribution in [0, 0.1) is 6.92 Å². The zero-order valence-corrected chi connectivity index (χ0v) is 15.7. The van der Waals surface area contributed by atoms with Crippen LogP contribution >= 0.6 is 28.5 Å². The predicted octanol–water partition coefficient (Wildman–Crippen LogP) is 7.31. The quantitative estimate of drug-likeness (QED) is 0.330. The summed E-state index contributed by atoms with van der Waals surface area (Å²) in [6.45, 7) is 2.12. The van der Waals surface area contributed by atoms with Crippen LogP contribution in [0.5, 0.6) is 0 Å². The predicted molar refractivity (Wildman–Crippen MR) is 110 cm³/mol. The van der Waals surface area contributed by atoms with E-state index in [1.807, 2.05) is 0 Å². The molecule has 0 spiro atoms. The van der Waals surface area contributed by atoms with Crippen molar-refractivity contribution in [2.24, 2.45) is 0 Å². The highest BCUT2D eigenvalue weighted by Gasteiger charge is 1.99. The third-order valence-electron chi connectivity index (χ3n) is 3.75. The molecule has 1 heterocycles. The van der Waals surface area contributed by atoms with E-state index < -0.39 is 7.85 Å². The van der Waals surface area contributed by atoms with Crippen molar-refractivity contribution in [1.29, 1.82) is 0 Å². The van der Waals surface area contributed by atoms with Crippen LogP contribution in [0.1, 0.15) is 5.56 Å². The SMILES string of the molecule is Cc1ccc(-p2[nH]c3ccccc3ssc3ccccc3[nH]2)cc1. The van der Waals surface area contributed by atoms with Crippen molar-refractivity contribution in [3.63, 3.8) is 0 Å². The van der Waals surface area contributed by atoms with E-state index >= 15 is 0 Å². The molecule has 0 fully saturated rings. The Morgan fingerprint density at radius 2 is 1.17 bits per heavy atom. The fraction of sp³-hybridized carbons (Fsp3) is 0.0526. The average Bonchev–Trinajstić information content (AvgIpc) is 2.69. The summed E-state index contributed by atoms with van der Waals surface area (Å²) < 4.78 is 10.0. The molecule has 0 aliphatic carbocycles. The lowest BCUT2D eigenvalue weighted by molar-refractivity contribution is 1.48. The van der Waals surface area contributed by atoms with Gasteiger partial charge in [0.25, 0.3) is 0 Å². The van der Waals surface area contributed by atoms with Gasteiger partial charge in [-0.15, -0.1) is 0 Å². The zero-order valence-electron chi connectivity index (χ0n) is 13.2. The van der Waals surface area contributed by atoms with Crippen molar-refractivity contribution < 1.29 is 0 Å². The molecule has 5 heteroatoms. The normalized spacial score (nSPS) is 10.7. The summed E-state index contributed by atoms with van der Waals surface area (Å²) in [5.41, 5.74) is 3.65. The summed E-state index contributed by atoms with van der Waals surface area (Å²) in [5.74, 6) is 0. The Balaban J connectivity index is 2.13. The number of benzene rings is 3. The van der Waals surface area contributed by atoms with Crippen molar-refractivity contribution in [1.82, 2.24) is 9.49 Å². The lowest BCUT2D eigenvalue weighted by Crippen LogP contribution is -1.77. The van der Waals surface area contributed by atoms with Gasteiger partial charge in [-0.2, -0.15) is 0 Å². The van der Waals surface area contributed by atoms with Crippen molar-refractivity contribution in [3.8, 4) is 5.30 Å². The number of aryl methyl sites for hydroxylation is 1. The maximum Gasteiger partial charge on any atom is 0.0615 e. The van der Waals surface area contributed by atoms with Crippen molar-refractivity contribution in [2.45, 2.75) is 6.92 Å². The van der Waals surface area contributed by atoms with Crippen LogP contribution in [-0.2, 0) is 0 Å². The number of para-hydroxylation sites is 2. The fourth-order valence-corrected chi connectivity index (χ4v) is 6.51. The van der Waals surface area contributed by atoms with Gasteiger partial charge in [-0.25, -0.2) is 0 Å². The molecule has 0 radical (unpaired) electrons. The summed E-state index contributed by atoms with van der Waals surface area (Å²) >= 11 is 0. The first-order valence-corrected chi connectivity index (χ1v) is 11.2. The van der Waals surface area contributed by atoms with Crippen LogP contribution in [0.3, 0.4) is 0 Å². The van der Waals surface area contributed by atoms with Gasteiger partial charge < -0.3 is 9.49 Å². The van der Waals surface area contributed by atoms with Gasteiger partial charge in [0.2, 0.25) is 0 Å². The molecule has 3 aromatic carbocycles. The van der Waals surface area contributed by atoms with Crippen molar-refractivity contribution in [3.05, 3.63) is 78.4 Å². The van der Waals surface area contributed by atoms with E-state index in [0.717, 1.165) is 0 Å². The Morgan fingerprint density at radius 3 is 1.71 bits per heavy atom. The molecule has 1 aromatic heterocycles. The van der Waals surface area contributed by atoms with Crippen LogP contribution in [-0.4, -0.2) is 9.49 Å². The van der Waals surface area contributed by atoms with E-state index in [-0.39, 0.29) is 0 Å². The van der Waals surface area contributed by atoms with E-state index in [2.05, 4.69) is 89.2 Å². The topological polar surface area (TPSA) is 31.6 Å². The highest BCUT2D eigenvalue weighted by molar-refractivity contribution is 7.73. The Hall–Kier alpha value is -2.00. The minimum Gasteiger partial charge on any atom is -0.328 e. The fourth-order valence-electron chi connectivity index (χ4n) is 2.44. The smallest absolute Gasteiger partial charge is 0.0615 e. The monoisotopic (exact) mass is 368 g/mol. The van der Waals surface area contributed by atoms with Crippen LogP contribution in [0.4, 0.5) is 0 Å². The lowest BCUT2D eigenvalue weighted by Gasteiger charge is -2.04. The molecule has 24 heavy (non-hydrogen) atoms. The molecule has 0 saturated heterocycles. The number of hydrogen-bond acceptors (Lipinski definition) is 2. The lowest BCUT2D eigenvalue weighted by atomic mass is 10.2. The van der Waals surface area contributed by atoms with Gasteiger partial charge in [0.15, 0.2) is 0 Å². The highest BCUT2D eigenvalue weighted by atomic mass is 32.9. The molecule has 0 aliphatic heterocycles. The second-order valence-electron chi connectivity index (χ2n) is 5.55. The van der Waals surface area contributed by atoms with E-state index in [4.69, 9.17) is 0 Å². The van der Waals surface area contributed by atoms with Gasteiger partial charge in [-0.1, -0.05) is 62.6 Å². The zero-order chi connectivity index (χ0) is 16.4. The molecule has 0 bridgehead atoms. The molecule has 2 N–H and O–H groups in total. The first kappa shape index (κ1) is 15.5. The Morgan fingerprint density at radius 1 is 0.667 bits per heavy atom. The number of rotatable bonds is 1. The molecule has 2 nitrogen and oxygen atoms in total. The molecular formula is C19H17N2PS2. The third-order valence-corrected chi connectivity index (χ3v) is 7.98. The molecule has 4 rings (SSSR count). The highest BCUT2D eigenvalue weighted by Crippen LogP contribution is 2.35. The number of aromatic nitrogens is 2. The standard InChI is InChI=1S/C19H17N2PS2/c1-14-10-12-15(13-11-14)22-20-16-6-2-4-8-18(16)23-24-19-9-5-3-7-17(19)21-22/h2-13,20-21H,1H3. The van der Waals surface area contributed by atoms with Crippen LogP contribution in [0.25, 0.3) is 25.7 Å². The largest absolute Gasteiger partial charge is 0.328 e. The van der Waals surface area contributed by atoms with Crippen molar-refractivity contribution in [2.75, 3.05) is 0 Å². The van der Waals surface area contributed by atoms with E-state index in [1.165, 1.54) is 31.3 Å². The summed E-state index contributed by atoms with van der Waals surface area (Å²) in [7, 11) is 2.87. The first-order chi connectivity index (χ1) is 11.8. The average molecular weight is 368 g/mol. The number of hydrogen-bond donors (Lipinski definition) is 2. The van der Waals surface area contributed by atoms with Gasteiger partial charge >= 0.3 is 0 Å². The Bertz CT molecular complexity index is 1010. The summed E-state index contributed by atoms with van der Waals surface area (Å²) in [6, 6.07) is 25.8. The molecule has 4 aromatic rings. The van der Waals surface area contributed by atoms with E-state index in [0.29, 0.717) is 0 Å². The van der Waals surface area contributed by atoms with Gasteiger partial charge in [-0.05, 0) is 43.3 Å². The maximum atomic E-state index is 3.74. The molecule has 120 valence electrons. The summed E-state index contributed by atoms with van der Waals surface area (Å²) in [5, 5.41) is 1.29. The minimum absolute atomic E-state index is 0.740.